The molecule has 7 heteroatoms. The lowest BCUT2D eigenvalue weighted by Crippen LogP contribution is -2.24. The molecule has 0 saturated carbocycles. The zero-order chi connectivity index (χ0) is 21.4. The van der Waals surface area contributed by atoms with E-state index in [4.69, 9.17) is 10.2 Å². The van der Waals surface area contributed by atoms with Gasteiger partial charge in [-0.2, -0.15) is 5.26 Å². The first-order chi connectivity index (χ1) is 15.2. The van der Waals surface area contributed by atoms with Crippen molar-refractivity contribution < 1.29 is 4.79 Å². The summed E-state index contributed by atoms with van der Waals surface area (Å²) in [7, 11) is 0. The third-order valence-corrected chi connectivity index (χ3v) is 5.42. The number of imidazole rings is 1. The highest BCUT2D eigenvalue weighted by Crippen LogP contribution is 2.33. The molecular weight excluding hydrogens is 388 g/mol. The lowest BCUT2D eigenvalue weighted by atomic mass is 10.0. The summed E-state index contributed by atoms with van der Waals surface area (Å²) in [6.45, 7) is 4.58. The summed E-state index contributed by atoms with van der Waals surface area (Å²) in [6, 6.07) is 13.3. The van der Waals surface area contributed by atoms with Crippen molar-refractivity contribution in [2.75, 3.05) is 11.4 Å². The fraction of sp³-hybridized carbons (Fsp3) is 0.125. The highest BCUT2D eigenvalue weighted by atomic mass is 16.2. The standard InChI is InChI=1S/C24H18N6O/c1-2-19-24-26-11-13-30(24)23(22(28-19)17-7-5-16(14-25)6-8-17)18-9-10-20(27-15-18)29-12-3-4-21(29)31/h2,5-11,13,15H,1,3-4,12H2. The first kappa shape index (κ1) is 18.7. The van der Waals surface area contributed by atoms with Crippen molar-refractivity contribution in [1.29, 1.82) is 5.26 Å². The smallest absolute Gasteiger partial charge is 0.228 e. The number of pyridine rings is 1. The van der Waals surface area contributed by atoms with E-state index in [1.165, 1.54) is 0 Å². The molecule has 0 aliphatic carbocycles. The average molecular weight is 406 g/mol. The van der Waals surface area contributed by atoms with Crippen molar-refractivity contribution in [2.24, 2.45) is 0 Å². The molecule has 0 spiro atoms. The number of nitriles is 1. The van der Waals surface area contributed by atoms with Gasteiger partial charge < -0.3 is 0 Å². The quantitative estimate of drug-likeness (QED) is 0.509. The van der Waals surface area contributed by atoms with Crippen LogP contribution in [0.4, 0.5) is 5.82 Å². The second kappa shape index (κ2) is 7.50. The number of aromatic nitrogens is 4. The van der Waals surface area contributed by atoms with Crippen LogP contribution < -0.4 is 4.90 Å². The molecular formula is C24H18N6O. The molecule has 0 N–H and O–H groups in total. The van der Waals surface area contributed by atoms with Crippen molar-refractivity contribution in [3.63, 3.8) is 0 Å². The summed E-state index contributed by atoms with van der Waals surface area (Å²) < 4.78 is 1.97. The Balaban J connectivity index is 1.69. The normalized spacial score (nSPS) is 13.5. The molecule has 0 bridgehead atoms. The molecule has 1 fully saturated rings. The van der Waals surface area contributed by atoms with Gasteiger partial charge in [0.05, 0.1) is 23.0 Å². The van der Waals surface area contributed by atoms with Crippen LogP contribution in [0.1, 0.15) is 24.1 Å². The Bertz CT molecular complexity index is 1350. The minimum absolute atomic E-state index is 0.104. The highest BCUT2D eigenvalue weighted by Gasteiger charge is 2.23. The van der Waals surface area contributed by atoms with E-state index < -0.39 is 0 Å². The molecule has 0 atom stereocenters. The molecule has 5 rings (SSSR count). The van der Waals surface area contributed by atoms with E-state index in [-0.39, 0.29) is 5.91 Å². The minimum Gasteiger partial charge on any atom is -0.297 e. The van der Waals surface area contributed by atoms with Crippen molar-refractivity contribution in [3.05, 3.63) is 72.8 Å². The fourth-order valence-electron chi connectivity index (χ4n) is 3.90. The molecule has 150 valence electrons. The molecule has 0 unspecified atom stereocenters. The van der Waals surface area contributed by atoms with Crippen molar-refractivity contribution >= 4 is 23.4 Å². The number of benzene rings is 1. The van der Waals surface area contributed by atoms with Crippen LogP contribution in [0.2, 0.25) is 0 Å². The van der Waals surface area contributed by atoms with Gasteiger partial charge in [-0.25, -0.2) is 15.0 Å². The second-order valence-corrected chi connectivity index (χ2v) is 7.26. The van der Waals surface area contributed by atoms with Gasteiger partial charge in [0, 0.05) is 42.7 Å². The number of hydrogen-bond acceptors (Lipinski definition) is 5. The Kier molecular flexibility index (Phi) is 4.53. The molecule has 1 aromatic carbocycles. The SMILES string of the molecule is C=Cc1nc(-c2ccc(C#N)cc2)c(-c2ccc(N3CCCC3=O)nc2)n2ccnc12. The lowest BCUT2D eigenvalue weighted by molar-refractivity contribution is -0.117. The largest absolute Gasteiger partial charge is 0.297 e. The van der Waals surface area contributed by atoms with Gasteiger partial charge in [0.2, 0.25) is 5.91 Å². The monoisotopic (exact) mass is 406 g/mol. The fourth-order valence-corrected chi connectivity index (χ4v) is 3.90. The molecule has 4 heterocycles. The molecule has 7 nitrogen and oxygen atoms in total. The topological polar surface area (TPSA) is 87.2 Å². The maximum Gasteiger partial charge on any atom is 0.228 e. The number of hydrogen-bond donors (Lipinski definition) is 0. The molecule has 1 saturated heterocycles. The summed E-state index contributed by atoms with van der Waals surface area (Å²) >= 11 is 0. The maximum absolute atomic E-state index is 12.1. The van der Waals surface area contributed by atoms with Gasteiger partial charge in [-0.1, -0.05) is 18.7 Å². The molecule has 1 aliphatic rings. The van der Waals surface area contributed by atoms with Crippen LogP contribution in [0.25, 0.3) is 34.2 Å². The Morgan fingerprint density at radius 2 is 1.90 bits per heavy atom. The lowest BCUT2D eigenvalue weighted by Gasteiger charge is -2.17. The predicted molar refractivity (Wildman–Crippen MR) is 118 cm³/mol. The van der Waals surface area contributed by atoms with Crippen LogP contribution in [0.3, 0.4) is 0 Å². The number of carbonyl (C=O) groups excluding carboxylic acids is 1. The Labute approximate surface area is 178 Å². The van der Waals surface area contributed by atoms with Gasteiger partial charge in [-0.05, 0) is 36.8 Å². The van der Waals surface area contributed by atoms with E-state index in [9.17, 15) is 4.79 Å². The zero-order valence-corrected chi connectivity index (χ0v) is 16.7. The van der Waals surface area contributed by atoms with Crippen molar-refractivity contribution in [3.8, 4) is 28.6 Å². The van der Waals surface area contributed by atoms with E-state index in [2.05, 4.69) is 22.6 Å². The number of carbonyl (C=O) groups is 1. The van der Waals surface area contributed by atoms with Gasteiger partial charge in [-0.3, -0.25) is 14.1 Å². The van der Waals surface area contributed by atoms with Crippen molar-refractivity contribution in [2.45, 2.75) is 12.8 Å². The van der Waals surface area contributed by atoms with Crippen LogP contribution in [0.15, 0.2) is 61.6 Å². The van der Waals surface area contributed by atoms with Crippen LogP contribution >= 0.6 is 0 Å². The first-order valence-electron chi connectivity index (χ1n) is 9.96. The second-order valence-electron chi connectivity index (χ2n) is 7.26. The maximum atomic E-state index is 12.1. The molecule has 1 amide bonds. The van der Waals surface area contributed by atoms with Gasteiger partial charge in [0.25, 0.3) is 0 Å². The van der Waals surface area contributed by atoms with Gasteiger partial charge >= 0.3 is 0 Å². The van der Waals surface area contributed by atoms with E-state index in [0.29, 0.717) is 35.7 Å². The van der Waals surface area contributed by atoms with E-state index in [0.717, 1.165) is 28.9 Å². The van der Waals surface area contributed by atoms with Crippen LogP contribution in [-0.2, 0) is 4.79 Å². The van der Waals surface area contributed by atoms with Crippen LogP contribution in [0, 0.1) is 11.3 Å². The molecule has 3 aromatic heterocycles. The number of fused-ring (bicyclic) bond motifs is 1. The average Bonchev–Trinajstić information content (AvgIpc) is 3.47. The summed E-state index contributed by atoms with van der Waals surface area (Å²) in [6.07, 6.45) is 8.46. The minimum atomic E-state index is 0.104. The van der Waals surface area contributed by atoms with Crippen LogP contribution in [0.5, 0.6) is 0 Å². The highest BCUT2D eigenvalue weighted by molar-refractivity contribution is 5.94. The molecule has 31 heavy (non-hydrogen) atoms. The van der Waals surface area contributed by atoms with Gasteiger partial charge in [0.15, 0.2) is 5.65 Å². The van der Waals surface area contributed by atoms with Gasteiger partial charge in [0.1, 0.15) is 11.5 Å². The van der Waals surface area contributed by atoms with Crippen molar-refractivity contribution in [1.82, 2.24) is 19.4 Å². The molecule has 0 radical (unpaired) electrons. The summed E-state index contributed by atoms with van der Waals surface area (Å²) in [5.41, 5.74) is 5.22. The molecule has 1 aliphatic heterocycles. The Morgan fingerprint density at radius 3 is 2.55 bits per heavy atom. The Morgan fingerprint density at radius 1 is 1.10 bits per heavy atom. The van der Waals surface area contributed by atoms with E-state index in [1.54, 1.807) is 35.5 Å². The number of nitrogens with zero attached hydrogens (tertiary/aromatic N) is 6. The van der Waals surface area contributed by atoms with Gasteiger partial charge in [-0.15, -0.1) is 0 Å². The summed E-state index contributed by atoms with van der Waals surface area (Å²) in [4.78, 5) is 27.6. The van der Waals surface area contributed by atoms with E-state index >= 15 is 0 Å². The molecule has 4 aromatic rings. The van der Waals surface area contributed by atoms with Crippen LogP contribution in [-0.4, -0.2) is 31.8 Å². The number of rotatable bonds is 4. The summed E-state index contributed by atoms with van der Waals surface area (Å²) in [5.74, 6) is 0.760. The summed E-state index contributed by atoms with van der Waals surface area (Å²) in [5, 5.41) is 9.13. The third kappa shape index (κ3) is 3.15. The third-order valence-electron chi connectivity index (χ3n) is 5.42. The number of anilines is 1. The number of amides is 1. The Hall–Kier alpha value is -4.31. The zero-order valence-electron chi connectivity index (χ0n) is 16.7. The van der Waals surface area contributed by atoms with E-state index in [1.807, 2.05) is 34.9 Å². The first-order valence-corrected chi connectivity index (χ1v) is 9.96. The predicted octanol–water partition coefficient (Wildman–Crippen LogP) is 4.10.